The van der Waals surface area contributed by atoms with Gasteiger partial charge in [-0.15, -0.1) is 0 Å². The van der Waals surface area contributed by atoms with Crippen molar-refractivity contribution in [3.63, 3.8) is 0 Å². The van der Waals surface area contributed by atoms with E-state index in [2.05, 4.69) is 15.4 Å². The first-order chi connectivity index (χ1) is 16.8. The number of rotatable bonds is 7. The van der Waals surface area contributed by atoms with E-state index in [1.165, 1.54) is 50.5 Å². The molecule has 0 fully saturated rings. The van der Waals surface area contributed by atoms with Crippen LogP contribution in [0.15, 0.2) is 76.5 Å². The second-order valence-corrected chi connectivity index (χ2v) is 12.1. The number of nitrogens with one attached hydrogen (secondary N) is 3. The number of sulfonamides is 2. The minimum Gasteiger partial charge on any atom is -0.506 e. The van der Waals surface area contributed by atoms with Crippen LogP contribution in [0.4, 0.5) is 11.4 Å². The Bertz CT molecular complexity index is 1520. The minimum atomic E-state index is -3.99. The summed E-state index contributed by atoms with van der Waals surface area (Å²) in [6, 6.07) is 15.7. The smallest absolute Gasteiger partial charge is 0.261 e. The van der Waals surface area contributed by atoms with E-state index in [-0.39, 0.29) is 31.9 Å². The van der Waals surface area contributed by atoms with Gasteiger partial charge in [-0.05, 0) is 67.7 Å². The van der Waals surface area contributed by atoms with Crippen LogP contribution in [0, 0.1) is 6.92 Å². The molecule has 10 nitrogen and oxygen atoms in total. The number of aromatic hydroxyl groups is 1. The van der Waals surface area contributed by atoms with Gasteiger partial charge in [0.05, 0.1) is 15.5 Å². The maximum Gasteiger partial charge on any atom is 0.261 e. The Labute approximate surface area is 215 Å². The van der Waals surface area contributed by atoms with E-state index in [0.717, 1.165) is 15.9 Å². The molecule has 36 heavy (non-hydrogen) atoms. The average molecular weight is 549 g/mol. The van der Waals surface area contributed by atoms with Crippen LogP contribution in [0.25, 0.3) is 0 Å². The van der Waals surface area contributed by atoms with E-state index in [0.29, 0.717) is 5.69 Å². The number of anilines is 2. The molecule has 0 radical (unpaired) electrons. The lowest BCUT2D eigenvalue weighted by molar-refractivity contribution is 0.0977. The van der Waals surface area contributed by atoms with Crippen LogP contribution in [0.2, 0.25) is 0 Å². The van der Waals surface area contributed by atoms with Crippen LogP contribution in [-0.2, 0) is 20.0 Å². The molecule has 0 atom stereocenters. The number of benzene rings is 3. The van der Waals surface area contributed by atoms with Crippen LogP contribution >= 0.6 is 12.2 Å². The number of thiocarbonyl (C=S) groups is 1. The highest BCUT2D eigenvalue weighted by Crippen LogP contribution is 2.27. The van der Waals surface area contributed by atoms with Crippen molar-refractivity contribution in [2.75, 3.05) is 24.1 Å². The highest BCUT2D eigenvalue weighted by Gasteiger charge is 2.20. The zero-order chi connectivity index (χ0) is 26.7. The van der Waals surface area contributed by atoms with Gasteiger partial charge in [-0.1, -0.05) is 23.8 Å². The third-order valence-corrected chi connectivity index (χ3v) is 8.33. The van der Waals surface area contributed by atoms with Crippen LogP contribution in [0.5, 0.6) is 5.75 Å². The molecule has 0 aliphatic heterocycles. The Morgan fingerprint density at radius 1 is 0.917 bits per heavy atom. The zero-order valence-corrected chi connectivity index (χ0v) is 22.0. The lowest BCUT2D eigenvalue weighted by Gasteiger charge is -2.14. The molecule has 4 N–H and O–H groups in total. The molecule has 0 unspecified atom stereocenters. The third kappa shape index (κ3) is 6.37. The van der Waals surface area contributed by atoms with Crippen molar-refractivity contribution in [1.82, 2.24) is 9.62 Å². The molecule has 0 aromatic heterocycles. The zero-order valence-electron chi connectivity index (χ0n) is 19.5. The Morgan fingerprint density at radius 3 is 2.22 bits per heavy atom. The predicted octanol–water partition coefficient (Wildman–Crippen LogP) is 2.88. The van der Waals surface area contributed by atoms with Gasteiger partial charge in [0.25, 0.3) is 15.9 Å². The van der Waals surface area contributed by atoms with Gasteiger partial charge in [0.2, 0.25) is 10.0 Å². The molecule has 3 rings (SSSR count). The maximum atomic E-state index is 12.8. The van der Waals surface area contributed by atoms with Gasteiger partial charge in [0.15, 0.2) is 5.11 Å². The van der Waals surface area contributed by atoms with E-state index < -0.39 is 26.0 Å². The number of hydrogen-bond donors (Lipinski definition) is 4. The Morgan fingerprint density at radius 2 is 1.58 bits per heavy atom. The summed E-state index contributed by atoms with van der Waals surface area (Å²) in [5, 5.41) is 14.9. The van der Waals surface area contributed by atoms with Crippen LogP contribution in [0.3, 0.4) is 0 Å². The van der Waals surface area contributed by atoms with E-state index in [9.17, 15) is 26.7 Å². The Hall–Kier alpha value is -3.52. The summed E-state index contributed by atoms with van der Waals surface area (Å²) in [7, 11) is -4.99. The fourth-order valence-corrected chi connectivity index (χ4v) is 5.19. The number of nitrogens with zero attached hydrogens (tertiary/aromatic N) is 1. The summed E-state index contributed by atoms with van der Waals surface area (Å²) in [6.07, 6.45) is 0. The van der Waals surface area contributed by atoms with E-state index in [1.807, 2.05) is 6.92 Å². The van der Waals surface area contributed by atoms with Crippen molar-refractivity contribution >= 4 is 54.7 Å². The summed E-state index contributed by atoms with van der Waals surface area (Å²) in [4.78, 5) is 12.4. The molecular weight excluding hydrogens is 524 g/mol. The minimum absolute atomic E-state index is 0.0323. The number of phenols is 1. The van der Waals surface area contributed by atoms with Crippen molar-refractivity contribution in [3.8, 4) is 5.75 Å². The topological polar surface area (TPSA) is 145 Å². The molecule has 0 heterocycles. The molecule has 0 saturated heterocycles. The predicted molar refractivity (Wildman–Crippen MR) is 141 cm³/mol. The van der Waals surface area contributed by atoms with Crippen LogP contribution in [-0.4, -0.2) is 51.4 Å². The first-order valence-corrected chi connectivity index (χ1v) is 13.7. The van der Waals surface area contributed by atoms with Gasteiger partial charge in [0.1, 0.15) is 5.75 Å². The number of carbonyl (C=O) groups is 1. The number of hydrogen-bond acceptors (Lipinski definition) is 7. The Balaban J connectivity index is 1.75. The molecule has 3 aromatic carbocycles. The first-order valence-electron chi connectivity index (χ1n) is 10.4. The van der Waals surface area contributed by atoms with Crippen molar-refractivity contribution in [2.45, 2.75) is 16.7 Å². The molecular formula is C23H24N4O6S3. The molecule has 190 valence electrons. The molecule has 0 bridgehead atoms. The fraction of sp³-hybridized carbons (Fsp3) is 0.130. The largest absolute Gasteiger partial charge is 0.506 e. The molecule has 3 aromatic rings. The molecule has 0 saturated carbocycles. The lowest BCUT2D eigenvalue weighted by Crippen LogP contribution is -2.34. The SMILES string of the molecule is Cc1ccc(NS(=O)(=O)c2ccc(O)c(NC(=S)NC(=O)c3cccc(S(=O)(=O)N(C)C)c3)c2)cc1. The maximum absolute atomic E-state index is 12.8. The molecule has 0 aliphatic rings. The summed E-state index contributed by atoms with van der Waals surface area (Å²) in [5.74, 6) is -1.01. The van der Waals surface area contributed by atoms with Crippen molar-refractivity contribution in [3.05, 3.63) is 77.9 Å². The second-order valence-electron chi connectivity index (χ2n) is 7.87. The lowest BCUT2D eigenvalue weighted by atomic mass is 10.2. The fourth-order valence-electron chi connectivity index (χ4n) is 2.96. The quantitative estimate of drug-likeness (QED) is 0.261. The number of phenolic OH excluding ortho intramolecular Hbond substituents is 1. The first kappa shape index (κ1) is 27.1. The number of aryl methyl sites for hydroxylation is 1. The van der Waals surface area contributed by atoms with Crippen molar-refractivity contribution in [2.24, 2.45) is 0 Å². The number of amides is 1. The van der Waals surface area contributed by atoms with E-state index in [1.54, 1.807) is 24.3 Å². The van der Waals surface area contributed by atoms with Crippen LogP contribution in [0.1, 0.15) is 15.9 Å². The van der Waals surface area contributed by atoms with Gasteiger partial charge >= 0.3 is 0 Å². The van der Waals surface area contributed by atoms with Gasteiger partial charge < -0.3 is 10.4 Å². The molecule has 1 amide bonds. The average Bonchev–Trinajstić information content (AvgIpc) is 2.81. The molecule has 0 spiro atoms. The van der Waals surface area contributed by atoms with Crippen molar-refractivity contribution in [1.29, 1.82) is 0 Å². The number of carbonyl (C=O) groups excluding carboxylic acids is 1. The highest BCUT2D eigenvalue weighted by atomic mass is 32.2. The normalized spacial score (nSPS) is 11.7. The Kier molecular flexibility index (Phi) is 7.99. The summed E-state index contributed by atoms with van der Waals surface area (Å²) in [6.45, 7) is 1.88. The highest BCUT2D eigenvalue weighted by molar-refractivity contribution is 7.92. The third-order valence-electron chi connectivity index (χ3n) is 4.93. The van der Waals surface area contributed by atoms with Gasteiger partial charge in [-0.2, -0.15) is 0 Å². The van der Waals surface area contributed by atoms with E-state index in [4.69, 9.17) is 12.2 Å². The van der Waals surface area contributed by atoms with Gasteiger partial charge in [-0.3, -0.25) is 14.8 Å². The molecule has 0 aliphatic carbocycles. The molecule has 13 heteroatoms. The van der Waals surface area contributed by atoms with E-state index >= 15 is 0 Å². The second kappa shape index (κ2) is 10.6. The summed E-state index contributed by atoms with van der Waals surface area (Å²) >= 11 is 5.13. The van der Waals surface area contributed by atoms with Crippen molar-refractivity contribution < 1.29 is 26.7 Å². The van der Waals surface area contributed by atoms with Crippen LogP contribution < -0.4 is 15.4 Å². The standard InChI is InChI=1S/C23H24N4O6S3/c1-15-7-9-17(10-8-15)26-35(30,31)18-11-12-21(28)20(14-18)24-23(34)25-22(29)16-5-4-6-19(13-16)36(32,33)27(2)3/h4-14,26,28H,1-3H3,(H2,24,25,29,34). The summed E-state index contributed by atoms with van der Waals surface area (Å²) in [5.41, 5.74) is 1.31. The summed E-state index contributed by atoms with van der Waals surface area (Å²) < 4.78 is 53.7. The monoisotopic (exact) mass is 548 g/mol. The van der Waals surface area contributed by atoms with Gasteiger partial charge in [-0.25, -0.2) is 21.1 Å². The van der Waals surface area contributed by atoms with Gasteiger partial charge in [0, 0.05) is 25.3 Å².